The number of esters is 1. The van der Waals surface area contributed by atoms with E-state index in [0.29, 0.717) is 0 Å². The molecule has 5 rings (SSSR count). The minimum atomic E-state index is -1.38. The van der Waals surface area contributed by atoms with Crippen LogP contribution in [-0.2, 0) is 42.6 Å². The Morgan fingerprint density at radius 2 is 0.959 bits per heavy atom. The number of amides is 3. The van der Waals surface area contributed by atoms with Gasteiger partial charge in [-0.1, -0.05) is 152 Å². The summed E-state index contributed by atoms with van der Waals surface area (Å²) in [6.07, 6.45) is -1.36. The first-order valence-corrected chi connectivity index (χ1v) is 15.9. The quantitative estimate of drug-likeness (QED) is 0.105. The predicted molar refractivity (Wildman–Crippen MR) is 185 cm³/mol. The van der Waals surface area contributed by atoms with E-state index in [1.807, 2.05) is 140 Å². The first kappa shape index (κ1) is 34.1. The first-order chi connectivity index (χ1) is 23.9. The van der Waals surface area contributed by atoms with Gasteiger partial charge in [0.05, 0.1) is 6.42 Å². The van der Waals surface area contributed by atoms with Crippen LogP contribution in [0.1, 0.15) is 34.2 Å². The van der Waals surface area contributed by atoms with Crippen LogP contribution < -0.4 is 16.0 Å². The van der Waals surface area contributed by atoms with Gasteiger partial charge in [-0.3, -0.25) is 14.4 Å². The lowest BCUT2D eigenvalue weighted by Gasteiger charge is -2.37. The molecule has 3 amide bonds. The fourth-order valence-corrected chi connectivity index (χ4v) is 5.41. The Labute approximate surface area is 285 Å². The van der Waals surface area contributed by atoms with Gasteiger partial charge in [0.1, 0.15) is 31.3 Å². The summed E-state index contributed by atoms with van der Waals surface area (Å²) in [6, 6.07) is 45.3. The summed E-state index contributed by atoms with van der Waals surface area (Å²) < 4.78 is 10.6. The maximum Gasteiger partial charge on any atom is 0.408 e. The Kier molecular flexibility index (Phi) is 11.9. The monoisotopic (exact) mass is 655 g/mol. The maximum atomic E-state index is 14.1. The number of hydrogen-bond donors (Lipinski definition) is 3. The van der Waals surface area contributed by atoms with Crippen molar-refractivity contribution in [3.05, 3.63) is 179 Å². The van der Waals surface area contributed by atoms with Gasteiger partial charge < -0.3 is 25.4 Å². The molecule has 5 aromatic carbocycles. The fraction of sp³-hybridized carbons (Fsp3) is 0.150. The number of rotatable bonds is 14. The highest BCUT2D eigenvalue weighted by molar-refractivity contribution is 5.93. The van der Waals surface area contributed by atoms with E-state index in [9.17, 15) is 19.2 Å². The van der Waals surface area contributed by atoms with Crippen LogP contribution in [0.2, 0.25) is 0 Å². The maximum absolute atomic E-state index is 14.1. The van der Waals surface area contributed by atoms with E-state index in [0.717, 1.165) is 27.8 Å². The van der Waals surface area contributed by atoms with E-state index in [-0.39, 0.29) is 13.2 Å². The summed E-state index contributed by atoms with van der Waals surface area (Å²) in [6.45, 7) is -0.476. The Morgan fingerprint density at radius 1 is 0.551 bits per heavy atom. The van der Waals surface area contributed by atoms with Crippen molar-refractivity contribution < 1.29 is 28.7 Å². The average molecular weight is 656 g/mol. The van der Waals surface area contributed by atoms with Crippen LogP contribution >= 0.6 is 0 Å². The summed E-state index contributed by atoms with van der Waals surface area (Å²) in [5.74, 6) is -1.97. The normalized spacial score (nSPS) is 11.4. The van der Waals surface area contributed by atoms with E-state index in [1.165, 1.54) is 0 Å². The molecule has 0 aromatic heterocycles. The highest BCUT2D eigenvalue weighted by atomic mass is 16.5. The molecule has 9 heteroatoms. The summed E-state index contributed by atoms with van der Waals surface area (Å²) in [5.41, 5.74) is 2.76. The van der Waals surface area contributed by atoms with Crippen LogP contribution in [0.4, 0.5) is 4.79 Å². The zero-order valence-corrected chi connectivity index (χ0v) is 26.8. The molecule has 0 aliphatic rings. The Balaban J connectivity index is 1.36. The number of carbonyl (C=O) groups is 4. The molecule has 0 aliphatic heterocycles. The molecular formula is C40H37N3O6. The lowest BCUT2D eigenvalue weighted by molar-refractivity contribution is -0.145. The SMILES string of the molecule is O=C(C[C@H](NC(=O)OCc1ccccc1)C(=O)NCC(=O)OCc1ccccc1)NC(c1ccccc1)(c1ccccc1)c1ccccc1. The summed E-state index contributed by atoms with van der Waals surface area (Å²) in [7, 11) is 0. The van der Waals surface area contributed by atoms with Crippen molar-refractivity contribution in [1.29, 1.82) is 0 Å². The Bertz CT molecular complexity index is 1710. The van der Waals surface area contributed by atoms with Crippen molar-refractivity contribution in [2.24, 2.45) is 0 Å². The second-order valence-corrected chi connectivity index (χ2v) is 11.2. The Hall–Kier alpha value is -6.22. The molecular weight excluding hydrogens is 618 g/mol. The molecule has 9 nitrogen and oxygen atoms in total. The lowest BCUT2D eigenvalue weighted by Crippen LogP contribution is -2.53. The smallest absolute Gasteiger partial charge is 0.408 e. The summed E-state index contributed by atoms with van der Waals surface area (Å²) in [5, 5.41) is 8.21. The fourth-order valence-electron chi connectivity index (χ4n) is 5.41. The molecule has 49 heavy (non-hydrogen) atoms. The van der Waals surface area contributed by atoms with E-state index in [4.69, 9.17) is 9.47 Å². The number of nitrogens with one attached hydrogen (secondary N) is 3. The number of ether oxygens (including phenoxy) is 2. The minimum Gasteiger partial charge on any atom is -0.460 e. The van der Waals surface area contributed by atoms with Crippen LogP contribution in [0.5, 0.6) is 0 Å². The standard InChI is InChI=1S/C40H37N3O6/c44-36(43-40(32-20-10-3-11-21-32,33-22-12-4-13-23-33)34-24-14-5-15-25-34)26-35(42-39(47)49-29-31-18-8-2-9-19-31)38(46)41-27-37(45)48-28-30-16-6-1-7-17-30/h1-25,35H,26-29H2,(H,41,46)(H,42,47)(H,43,44)/t35-/m0/s1. The van der Waals surface area contributed by atoms with Gasteiger partial charge in [0.15, 0.2) is 0 Å². The molecule has 1 atom stereocenters. The van der Waals surface area contributed by atoms with Crippen molar-refractivity contribution in [2.75, 3.05) is 6.54 Å². The highest BCUT2D eigenvalue weighted by Crippen LogP contribution is 2.37. The number of hydrogen-bond acceptors (Lipinski definition) is 6. The zero-order valence-electron chi connectivity index (χ0n) is 26.8. The van der Waals surface area contributed by atoms with Crippen molar-refractivity contribution in [2.45, 2.75) is 31.2 Å². The van der Waals surface area contributed by atoms with Crippen LogP contribution in [-0.4, -0.2) is 36.5 Å². The molecule has 0 aliphatic carbocycles. The molecule has 0 saturated carbocycles. The van der Waals surface area contributed by atoms with Gasteiger partial charge in [0, 0.05) is 0 Å². The van der Waals surface area contributed by atoms with Crippen molar-refractivity contribution in [3.8, 4) is 0 Å². The topological polar surface area (TPSA) is 123 Å². The third kappa shape index (κ3) is 9.42. The van der Waals surface area contributed by atoms with Crippen LogP contribution in [0.3, 0.4) is 0 Å². The molecule has 0 fully saturated rings. The number of carbonyl (C=O) groups excluding carboxylic acids is 4. The van der Waals surface area contributed by atoms with E-state index in [2.05, 4.69) is 16.0 Å². The molecule has 0 heterocycles. The van der Waals surface area contributed by atoms with Crippen LogP contribution in [0.15, 0.2) is 152 Å². The zero-order chi connectivity index (χ0) is 34.3. The largest absolute Gasteiger partial charge is 0.460 e. The molecule has 0 unspecified atom stereocenters. The molecule has 0 bridgehead atoms. The van der Waals surface area contributed by atoms with Crippen LogP contribution in [0, 0.1) is 0 Å². The molecule has 248 valence electrons. The van der Waals surface area contributed by atoms with Crippen molar-refractivity contribution in [3.63, 3.8) is 0 Å². The van der Waals surface area contributed by atoms with E-state index in [1.54, 1.807) is 12.1 Å². The van der Waals surface area contributed by atoms with Crippen molar-refractivity contribution in [1.82, 2.24) is 16.0 Å². The first-order valence-electron chi connectivity index (χ1n) is 15.9. The van der Waals surface area contributed by atoms with Crippen molar-refractivity contribution >= 4 is 23.9 Å². The highest BCUT2D eigenvalue weighted by Gasteiger charge is 2.39. The third-order valence-corrected chi connectivity index (χ3v) is 7.81. The minimum absolute atomic E-state index is 0.0337. The predicted octanol–water partition coefficient (Wildman–Crippen LogP) is 5.64. The number of alkyl carbamates (subject to hydrolysis) is 1. The molecule has 0 radical (unpaired) electrons. The third-order valence-electron chi connectivity index (χ3n) is 7.81. The molecule has 3 N–H and O–H groups in total. The van der Waals surface area contributed by atoms with Gasteiger partial charge >= 0.3 is 12.1 Å². The molecule has 5 aromatic rings. The van der Waals surface area contributed by atoms with Gasteiger partial charge in [-0.25, -0.2) is 4.79 Å². The second kappa shape index (κ2) is 17.1. The summed E-state index contributed by atoms with van der Waals surface area (Å²) in [4.78, 5) is 53.0. The average Bonchev–Trinajstić information content (AvgIpc) is 3.16. The second-order valence-electron chi connectivity index (χ2n) is 11.2. The number of benzene rings is 5. The molecule has 0 saturated heterocycles. The molecule has 0 spiro atoms. The van der Waals surface area contributed by atoms with Gasteiger partial charge in [0.2, 0.25) is 11.8 Å². The van der Waals surface area contributed by atoms with E-state index >= 15 is 0 Å². The van der Waals surface area contributed by atoms with Gasteiger partial charge in [-0.15, -0.1) is 0 Å². The van der Waals surface area contributed by atoms with Crippen LogP contribution in [0.25, 0.3) is 0 Å². The van der Waals surface area contributed by atoms with Gasteiger partial charge in [-0.2, -0.15) is 0 Å². The van der Waals surface area contributed by atoms with E-state index < -0.39 is 48.4 Å². The lowest BCUT2D eigenvalue weighted by atomic mass is 9.77. The van der Waals surface area contributed by atoms with Gasteiger partial charge in [-0.05, 0) is 27.8 Å². The van der Waals surface area contributed by atoms with Gasteiger partial charge in [0.25, 0.3) is 0 Å². The Morgan fingerprint density at radius 3 is 1.41 bits per heavy atom. The summed E-state index contributed by atoms with van der Waals surface area (Å²) >= 11 is 0.